The second-order valence-corrected chi connectivity index (χ2v) is 4.94. The molecule has 1 aliphatic rings. The van der Waals surface area contributed by atoms with Gasteiger partial charge in [-0.05, 0) is 43.9 Å². The van der Waals surface area contributed by atoms with E-state index in [1.807, 2.05) is 25.1 Å². The number of carbonyl (C=O) groups excluding carboxylic acids is 1. The molecule has 0 amide bonds. The van der Waals surface area contributed by atoms with Gasteiger partial charge in [0.25, 0.3) is 0 Å². The van der Waals surface area contributed by atoms with Gasteiger partial charge in [0.2, 0.25) is 0 Å². The highest BCUT2D eigenvalue weighted by Gasteiger charge is 2.17. The van der Waals surface area contributed by atoms with Crippen molar-refractivity contribution in [2.75, 3.05) is 6.61 Å². The van der Waals surface area contributed by atoms with E-state index in [0.29, 0.717) is 6.10 Å². The Morgan fingerprint density at radius 1 is 1.24 bits per heavy atom. The maximum Gasteiger partial charge on any atom is 0.188 e. The molecule has 0 atom stereocenters. The molecule has 0 radical (unpaired) electrons. The van der Waals surface area contributed by atoms with E-state index in [4.69, 9.17) is 4.74 Å². The zero-order chi connectivity index (χ0) is 12.3. The predicted molar refractivity (Wildman–Crippen MR) is 68.5 cm³/mol. The molecule has 1 aliphatic carbocycles. The summed E-state index contributed by atoms with van der Waals surface area (Å²) in [7, 11) is 0. The number of Topliss-reactive ketones (excluding diaryl/α,β-unsaturated/α-hetero) is 1. The molecule has 0 spiro atoms. The molecule has 2 heteroatoms. The first kappa shape index (κ1) is 12.3. The van der Waals surface area contributed by atoms with Gasteiger partial charge in [0.15, 0.2) is 5.78 Å². The molecule has 1 aromatic rings. The lowest BCUT2D eigenvalue weighted by atomic mass is 10.0. The van der Waals surface area contributed by atoms with Gasteiger partial charge in [0, 0.05) is 5.56 Å². The standard InChI is InChI=1S/C15H20O2/c1-11-7-8-13(9-12(11)2)15(16)10-17-14-5-3-4-6-14/h7-9,14H,3-6,10H2,1-2H3. The molecule has 0 bridgehead atoms. The van der Waals surface area contributed by atoms with Crippen LogP contribution in [-0.2, 0) is 4.74 Å². The summed E-state index contributed by atoms with van der Waals surface area (Å²) in [5.41, 5.74) is 3.15. The summed E-state index contributed by atoms with van der Waals surface area (Å²) in [4.78, 5) is 11.9. The summed E-state index contributed by atoms with van der Waals surface area (Å²) in [5.74, 6) is 0.0972. The van der Waals surface area contributed by atoms with Crippen molar-refractivity contribution >= 4 is 5.78 Å². The third-order valence-electron chi connectivity index (χ3n) is 3.58. The van der Waals surface area contributed by atoms with Gasteiger partial charge in [0.1, 0.15) is 6.61 Å². The maximum atomic E-state index is 11.9. The summed E-state index contributed by atoms with van der Waals surface area (Å²) in [5, 5.41) is 0. The van der Waals surface area contributed by atoms with Crippen LogP contribution in [0.25, 0.3) is 0 Å². The van der Waals surface area contributed by atoms with Crippen LogP contribution < -0.4 is 0 Å². The maximum absolute atomic E-state index is 11.9. The minimum absolute atomic E-state index is 0.0972. The van der Waals surface area contributed by atoms with Crippen LogP contribution in [0.2, 0.25) is 0 Å². The lowest BCUT2D eigenvalue weighted by Gasteiger charge is -2.10. The average Bonchev–Trinajstić information content (AvgIpc) is 2.82. The Hall–Kier alpha value is -1.15. The van der Waals surface area contributed by atoms with E-state index in [9.17, 15) is 4.79 Å². The van der Waals surface area contributed by atoms with Crippen molar-refractivity contribution in [3.8, 4) is 0 Å². The van der Waals surface area contributed by atoms with E-state index in [1.165, 1.54) is 18.4 Å². The molecule has 0 heterocycles. The molecule has 1 fully saturated rings. The molecule has 1 aromatic carbocycles. The van der Waals surface area contributed by atoms with Gasteiger partial charge in [-0.2, -0.15) is 0 Å². The monoisotopic (exact) mass is 232 g/mol. The summed E-state index contributed by atoms with van der Waals surface area (Å²) in [6.45, 7) is 4.32. The van der Waals surface area contributed by atoms with Gasteiger partial charge in [-0.15, -0.1) is 0 Å². The van der Waals surface area contributed by atoms with Crippen LogP contribution in [0.15, 0.2) is 18.2 Å². The first-order chi connectivity index (χ1) is 8.16. The largest absolute Gasteiger partial charge is 0.370 e. The highest BCUT2D eigenvalue weighted by Crippen LogP contribution is 2.21. The first-order valence-corrected chi connectivity index (χ1v) is 6.39. The molecule has 0 aliphatic heterocycles. The van der Waals surface area contributed by atoms with Gasteiger partial charge < -0.3 is 4.74 Å². The van der Waals surface area contributed by atoms with Crippen molar-refractivity contribution in [1.29, 1.82) is 0 Å². The van der Waals surface area contributed by atoms with Crippen molar-refractivity contribution < 1.29 is 9.53 Å². The fraction of sp³-hybridized carbons (Fsp3) is 0.533. The fourth-order valence-electron chi connectivity index (χ4n) is 2.25. The number of ketones is 1. The second kappa shape index (κ2) is 5.46. The molecule has 2 nitrogen and oxygen atoms in total. The van der Waals surface area contributed by atoms with E-state index < -0.39 is 0 Å². The normalized spacial score (nSPS) is 16.4. The molecule has 92 valence electrons. The molecule has 0 N–H and O–H groups in total. The van der Waals surface area contributed by atoms with Crippen molar-refractivity contribution in [2.24, 2.45) is 0 Å². The van der Waals surface area contributed by atoms with Crippen LogP contribution >= 0.6 is 0 Å². The number of ether oxygens (including phenoxy) is 1. The SMILES string of the molecule is Cc1ccc(C(=O)COC2CCCC2)cc1C. The summed E-state index contributed by atoms with van der Waals surface area (Å²) >= 11 is 0. The number of rotatable bonds is 4. The Morgan fingerprint density at radius 3 is 2.59 bits per heavy atom. The second-order valence-electron chi connectivity index (χ2n) is 4.94. The molecule has 2 rings (SSSR count). The van der Waals surface area contributed by atoms with Crippen molar-refractivity contribution in [2.45, 2.75) is 45.6 Å². The van der Waals surface area contributed by atoms with Gasteiger partial charge >= 0.3 is 0 Å². The lowest BCUT2D eigenvalue weighted by molar-refractivity contribution is 0.0482. The van der Waals surface area contributed by atoms with E-state index >= 15 is 0 Å². The molecule has 17 heavy (non-hydrogen) atoms. The summed E-state index contributed by atoms with van der Waals surface area (Å²) < 4.78 is 5.64. The van der Waals surface area contributed by atoms with Crippen molar-refractivity contribution in [3.63, 3.8) is 0 Å². The Kier molecular flexibility index (Phi) is 3.95. The van der Waals surface area contributed by atoms with Crippen LogP contribution in [0.3, 0.4) is 0 Å². The molecular weight excluding hydrogens is 212 g/mol. The van der Waals surface area contributed by atoms with Crippen LogP contribution in [0.1, 0.15) is 47.2 Å². The Bertz CT molecular complexity index is 403. The highest BCUT2D eigenvalue weighted by molar-refractivity contribution is 5.97. The molecule has 1 saturated carbocycles. The number of benzene rings is 1. The van der Waals surface area contributed by atoms with E-state index in [-0.39, 0.29) is 12.4 Å². The zero-order valence-electron chi connectivity index (χ0n) is 10.7. The van der Waals surface area contributed by atoms with Crippen LogP contribution in [-0.4, -0.2) is 18.5 Å². The minimum atomic E-state index is 0.0972. The van der Waals surface area contributed by atoms with Gasteiger partial charge in [-0.3, -0.25) is 4.79 Å². The predicted octanol–water partition coefficient (Wildman–Crippen LogP) is 3.45. The number of hydrogen-bond donors (Lipinski definition) is 0. The Balaban J connectivity index is 1.92. The lowest BCUT2D eigenvalue weighted by Crippen LogP contribution is -2.15. The third-order valence-corrected chi connectivity index (χ3v) is 3.58. The topological polar surface area (TPSA) is 26.3 Å². The number of hydrogen-bond acceptors (Lipinski definition) is 2. The smallest absolute Gasteiger partial charge is 0.188 e. The third kappa shape index (κ3) is 3.16. The summed E-state index contributed by atoms with van der Waals surface area (Å²) in [6, 6.07) is 5.84. The van der Waals surface area contributed by atoms with Gasteiger partial charge in [0.05, 0.1) is 6.10 Å². The molecule has 0 unspecified atom stereocenters. The number of aryl methyl sites for hydroxylation is 2. The first-order valence-electron chi connectivity index (χ1n) is 6.39. The van der Waals surface area contributed by atoms with Crippen molar-refractivity contribution in [3.05, 3.63) is 34.9 Å². The molecule has 0 aromatic heterocycles. The Labute approximate surface area is 103 Å². The van der Waals surface area contributed by atoms with Crippen LogP contribution in [0.4, 0.5) is 0 Å². The number of carbonyl (C=O) groups is 1. The van der Waals surface area contributed by atoms with Gasteiger partial charge in [-0.1, -0.05) is 25.0 Å². The van der Waals surface area contributed by atoms with E-state index in [2.05, 4.69) is 6.92 Å². The minimum Gasteiger partial charge on any atom is -0.370 e. The summed E-state index contributed by atoms with van der Waals surface area (Å²) in [6.07, 6.45) is 5.01. The van der Waals surface area contributed by atoms with E-state index in [0.717, 1.165) is 24.0 Å². The zero-order valence-corrected chi connectivity index (χ0v) is 10.7. The highest BCUT2D eigenvalue weighted by atomic mass is 16.5. The molecular formula is C15H20O2. The van der Waals surface area contributed by atoms with Crippen LogP contribution in [0, 0.1) is 13.8 Å². The van der Waals surface area contributed by atoms with Crippen LogP contribution in [0.5, 0.6) is 0 Å². The quantitative estimate of drug-likeness (QED) is 0.743. The molecule has 0 saturated heterocycles. The fourth-order valence-corrected chi connectivity index (χ4v) is 2.25. The van der Waals surface area contributed by atoms with Gasteiger partial charge in [-0.25, -0.2) is 0 Å². The van der Waals surface area contributed by atoms with E-state index in [1.54, 1.807) is 0 Å². The average molecular weight is 232 g/mol. The Morgan fingerprint density at radius 2 is 1.94 bits per heavy atom. The van der Waals surface area contributed by atoms with Crippen molar-refractivity contribution in [1.82, 2.24) is 0 Å².